The monoisotopic (exact) mass is 1690 g/mol. The van der Waals surface area contributed by atoms with Crippen LogP contribution < -0.4 is 26.2 Å². The lowest BCUT2D eigenvalue weighted by Crippen LogP contribution is -2.61. The molecule has 6 heteroatoms. The van der Waals surface area contributed by atoms with E-state index in [1.54, 1.807) is 0 Å². The van der Waals surface area contributed by atoms with Gasteiger partial charge in [0.05, 0.1) is 33.4 Å². The molecule has 0 N–H and O–H groups in total. The number of anilines is 6. The minimum absolute atomic E-state index is 0.317. The second-order valence-corrected chi connectivity index (χ2v) is 39.6. The third kappa shape index (κ3) is 12.8. The zero-order valence-corrected chi connectivity index (χ0v) is 75.5. The van der Waals surface area contributed by atoms with Gasteiger partial charge in [0.25, 0.3) is 6.71 Å². The highest BCUT2D eigenvalue weighted by molar-refractivity contribution is 7.00. The molecule has 3 aliphatic rings. The smallest absolute Gasteiger partial charge is 0.252 e. The van der Waals surface area contributed by atoms with Gasteiger partial charge in [0, 0.05) is 88.7 Å². The first kappa shape index (κ1) is 78.5. The van der Waals surface area contributed by atoms with Gasteiger partial charge in [-0.1, -0.05) is 347 Å². The fourth-order valence-corrected chi connectivity index (χ4v) is 21.6. The molecular formula is C126H95BN4O. The van der Waals surface area contributed by atoms with Gasteiger partial charge in [-0.05, 0) is 266 Å². The first-order chi connectivity index (χ1) is 64.3. The third-order valence-electron chi connectivity index (χ3n) is 28.4. The van der Waals surface area contributed by atoms with Gasteiger partial charge >= 0.3 is 0 Å². The minimum atomic E-state index is -0.437. The van der Waals surface area contributed by atoms with Gasteiger partial charge in [-0.25, -0.2) is 0 Å². The Morgan fingerprint density at radius 2 is 0.500 bits per heavy atom. The second-order valence-electron chi connectivity index (χ2n) is 39.6. The van der Waals surface area contributed by atoms with E-state index >= 15 is 0 Å². The van der Waals surface area contributed by atoms with E-state index in [-0.39, 0.29) is 17.5 Å². The Balaban J connectivity index is 0.880. The lowest BCUT2D eigenvalue weighted by molar-refractivity contribution is 0.590. The molecule has 25 rings (SSSR count). The Kier molecular flexibility index (Phi) is 17.8. The summed E-state index contributed by atoms with van der Waals surface area (Å²) < 4.78 is 12.0. The maximum absolute atomic E-state index is 6.92. The van der Waals surface area contributed by atoms with Gasteiger partial charge in [0.15, 0.2) is 0 Å². The van der Waals surface area contributed by atoms with Crippen molar-refractivity contribution in [3.8, 4) is 123 Å². The summed E-state index contributed by atoms with van der Waals surface area (Å²) in [4.78, 5) is 5.56. The van der Waals surface area contributed by atoms with Crippen molar-refractivity contribution < 1.29 is 4.42 Å². The van der Waals surface area contributed by atoms with E-state index in [0.29, 0.717) is 0 Å². The van der Waals surface area contributed by atoms with Crippen LogP contribution in [0.25, 0.3) is 188 Å². The Labute approximate surface area is 771 Å². The topological polar surface area (TPSA) is 29.5 Å². The van der Waals surface area contributed by atoms with Gasteiger partial charge in [0.2, 0.25) is 0 Å². The summed E-state index contributed by atoms with van der Waals surface area (Å²) in [6.07, 6.45) is 0. The first-order valence-electron chi connectivity index (χ1n) is 46.4. The summed E-state index contributed by atoms with van der Waals surface area (Å²) in [5.41, 5.74) is 43.7. The molecule has 5 nitrogen and oxygen atoms in total. The van der Waals surface area contributed by atoms with Crippen LogP contribution >= 0.6 is 0 Å². The molecule has 132 heavy (non-hydrogen) atoms. The molecule has 0 unspecified atom stereocenters. The molecule has 0 amide bonds. The van der Waals surface area contributed by atoms with Crippen LogP contribution in [-0.4, -0.2) is 15.8 Å². The van der Waals surface area contributed by atoms with E-state index < -0.39 is 5.41 Å². The summed E-state index contributed by atoms with van der Waals surface area (Å²) >= 11 is 0. The fraction of sp³-hybridized carbons (Fsp3) is 0.0952. The van der Waals surface area contributed by atoms with E-state index in [1.165, 1.54) is 71.3 Å². The molecule has 13 bridgehead atoms. The number of benzene rings is 19. The predicted octanol–water partition coefficient (Wildman–Crippen LogP) is 32.7. The lowest BCUT2D eigenvalue weighted by Gasteiger charge is -2.47. The summed E-state index contributed by atoms with van der Waals surface area (Å²) in [5.74, 6) is 0. The fourth-order valence-electron chi connectivity index (χ4n) is 21.6. The van der Waals surface area contributed by atoms with E-state index in [9.17, 15) is 0 Å². The number of para-hydroxylation sites is 2. The van der Waals surface area contributed by atoms with Gasteiger partial charge in [0.1, 0.15) is 11.2 Å². The molecule has 0 spiro atoms. The molecule has 0 saturated carbocycles. The summed E-state index contributed by atoms with van der Waals surface area (Å²) in [7, 11) is 0. The van der Waals surface area contributed by atoms with Crippen molar-refractivity contribution in [2.45, 2.75) is 78.6 Å². The average molecular weight is 1690 g/mol. The molecule has 6 heterocycles. The highest BCUT2D eigenvalue weighted by Crippen LogP contribution is 2.57. The van der Waals surface area contributed by atoms with Crippen molar-refractivity contribution in [1.82, 2.24) is 9.13 Å². The Hall–Kier alpha value is -15.8. The van der Waals surface area contributed by atoms with Crippen molar-refractivity contribution in [2.75, 3.05) is 9.80 Å². The molecule has 0 aliphatic carbocycles. The molecule has 0 saturated heterocycles. The quantitative estimate of drug-likeness (QED) is 0.142. The van der Waals surface area contributed by atoms with Crippen molar-refractivity contribution >= 4 is 123 Å². The Morgan fingerprint density at radius 3 is 0.902 bits per heavy atom. The van der Waals surface area contributed by atoms with E-state index in [4.69, 9.17) is 4.42 Å². The van der Waals surface area contributed by atoms with Crippen LogP contribution in [0, 0.1) is 0 Å². The number of hydrogen-bond donors (Lipinski definition) is 0. The Morgan fingerprint density at radius 1 is 0.205 bits per heavy atom. The average Bonchev–Trinajstić information content (AvgIpc) is 0.780. The van der Waals surface area contributed by atoms with Crippen LogP contribution in [0.1, 0.15) is 79.0 Å². The number of nitrogens with zero attached hydrogens (tertiary/aromatic N) is 4. The summed E-state index contributed by atoms with van der Waals surface area (Å²) in [6.45, 7) is 21.2. The van der Waals surface area contributed by atoms with Crippen molar-refractivity contribution in [3.05, 3.63) is 429 Å². The normalized spacial score (nSPS) is 12.8. The highest BCUT2D eigenvalue weighted by Gasteiger charge is 2.47. The number of rotatable bonds is 8. The lowest BCUT2D eigenvalue weighted by atomic mass is 9.33. The van der Waals surface area contributed by atoms with Crippen LogP contribution in [0.15, 0.2) is 417 Å². The molecule has 0 fully saturated rings. The number of aromatic nitrogens is 2. The molecule has 3 aliphatic heterocycles. The molecular weight excluding hydrogens is 1600 g/mol. The van der Waals surface area contributed by atoms with Gasteiger partial charge in [-0.3, -0.25) is 0 Å². The van der Waals surface area contributed by atoms with E-state index in [2.05, 4.69) is 494 Å². The summed E-state index contributed by atoms with van der Waals surface area (Å²) in [5, 5.41) is 6.92. The van der Waals surface area contributed by atoms with Gasteiger partial charge in [-0.15, -0.1) is 0 Å². The van der Waals surface area contributed by atoms with Gasteiger partial charge in [-0.2, -0.15) is 0 Å². The van der Waals surface area contributed by atoms with E-state index in [0.717, 1.165) is 184 Å². The molecule has 628 valence electrons. The first-order valence-corrected chi connectivity index (χ1v) is 46.4. The van der Waals surface area contributed by atoms with Crippen molar-refractivity contribution in [2.24, 2.45) is 0 Å². The summed E-state index contributed by atoms with van der Waals surface area (Å²) in [6, 6.07) is 158. The van der Waals surface area contributed by atoms with Crippen molar-refractivity contribution in [1.29, 1.82) is 0 Å². The second kappa shape index (κ2) is 29.9. The number of furan rings is 1. The molecule has 0 radical (unpaired) electrons. The van der Waals surface area contributed by atoms with Crippen molar-refractivity contribution in [3.63, 3.8) is 0 Å². The highest BCUT2D eigenvalue weighted by atomic mass is 16.3. The maximum Gasteiger partial charge on any atom is 0.252 e. The SMILES string of the molecule is CC(C)(C)c1cc(-c2ccc(-c3ccccc3)cc2)c2c(c1)-c1cccc(c1)-c1ccc3oc4ccc(cc4c3c1)-c1cccc(c1)-c1cc(C(C)(C)C)cc(-c3cccc(-c4ccccc4)c3)c1N1c3cc(-n4c5ccccc5c5ccc(-c6ccccc6)cc54)ccc3B3c4ccc(-n5c6ccccc6c6ccc(-c7ccccc7)cc65)cc4N2c2cc(C(C)(C)C)cc1c23. The maximum atomic E-state index is 6.92. The predicted molar refractivity (Wildman–Crippen MR) is 560 cm³/mol. The zero-order valence-electron chi connectivity index (χ0n) is 75.5. The number of fused-ring (bicyclic) bond motifs is 26. The van der Waals surface area contributed by atoms with Crippen LogP contribution in [0.5, 0.6) is 0 Å². The number of hydrogen-bond acceptors (Lipinski definition) is 3. The van der Waals surface area contributed by atoms with Crippen LogP contribution in [-0.2, 0) is 16.2 Å². The zero-order chi connectivity index (χ0) is 88.7. The Bertz CT molecular complexity index is 8500. The van der Waals surface area contributed by atoms with Crippen LogP contribution in [0.2, 0.25) is 0 Å². The largest absolute Gasteiger partial charge is 0.456 e. The molecule has 3 aromatic heterocycles. The van der Waals surface area contributed by atoms with E-state index in [1.807, 2.05) is 0 Å². The van der Waals surface area contributed by atoms with Crippen LogP contribution in [0.3, 0.4) is 0 Å². The minimum Gasteiger partial charge on any atom is -0.456 e. The van der Waals surface area contributed by atoms with Crippen LogP contribution in [0.4, 0.5) is 34.1 Å². The third-order valence-corrected chi connectivity index (χ3v) is 28.4. The van der Waals surface area contributed by atoms with Gasteiger partial charge < -0.3 is 23.4 Å². The molecule has 0 atom stereocenters. The molecule has 19 aromatic carbocycles. The molecule has 22 aromatic rings. The standard InChI is InChI=1S/C126H95BN4O/c1-124(2,3)94-70-103(83-49-47-82(48-50-83)78-29-14-10-15-30-78)122-104(71-94)92-41-27-38-85(64-92)87-53-61-119-107(66-87)108-67-88(54-62-120(108)132-119)86-39-28-42-93(65-86)106-73-95(125(4,5)6)72-105(91-40-26-37-84(63-91)79-31-16-11-17-32-79)123(106)131-116-77-98(129-112-46-25-23-44-100(112)102-58-52-90(69-114(102)129)81-35-20-13-21-36-81)56-60-110(116)127-109-59-55-97(76-115(109)130(122)117-74-96(126(7,8)9)75-118(131)121(117)127)128-111-45-24-22-43-99(111)101-57-51-89(68-113(101)128)80-33-18-12-19-34-80/h10-77H,1-9H3.